The molecule has 0 atom stereocenters. The Kier molecular flexibility index (Phi) is 3.14. The Hall–Kier alpha value is -2.71. The lowest BCUT2D eigenvalue weighted by molar-refractivity contribution is 0.0979. The summed E-state index contributed by atoms with van der Waals surface area (Å²) in [6.45, 7) is 0. The predicted molar refractivity (Wildman–Crippen MR) is 90.2 cm³/mol. The fourth-order valence-electron chi connectivity index (χ4n) is 2.92. The van der Waals surface area contributed by atoms with Crippen LogP contribution in [0.4, 0.5) is 0 Å². The summed E-state index contributed by atoms with van der Waals surface area (Å²) in [5, 5.41) is 0.659. The lowest BCUT2D eigenvalue weighted by Gasteiger charge is -2.18. The summed E-state index contributed by atoms with van der Waals surface area (Å²) in [6, 6.07) is 19.7. The lowest BCUT2D eigenvalue weighted by Crippen LogP contribution is -2.20. The molecule has 23 heavy (non-hydrogen) atoms. The first kappa shape index (κ1) is 13.9. The first-order chi connectivity index (χ1) is 11.1. The molecule has 2 nitrogen and oxygen atoms in total. The molecule has 0 heterocycles. The molecule has 3 aromatic carbocycles. The minimum absolute atomic E-state index is 0.0992. The van der Waals surface area contributed by atoms with Crippen LogP contribution in [0, 0.1) is 0 Å². The molecule has 0 aromatic heterocycles. The quantitative estimate of drug-likeness (QED) is 0.506. The van der Waals surface area contributed by atoms with Crippen LogP contribution in [-0.2, 0) is 0 Å². The fourth-order valence-corrected chi connectivity index (χ4v) is 3.05. The Bertz CT molecular complexity index is 956. The Labute approximate surface area is 138 Å². The van der Waals surface area contributed by atoms with Crippen molar-refractivity contribution in [3.8, 4) is 11.1 Å². The highest BCUT2D eigenvalue weighted by molar-refractivity contribution is 6.30. The molecule has 0 aliphatic heterocycles. The molecule has 0 bridgehead atoms. The Morgan fingerprint density at radius 1 is 0.565 bits per heavy atom. The van der Waals surface area contributed by atoms with Crippen LogP contribution in [-0.4, -0.2) is 11.6 Å². The molecule has 0 unspecified atom stereocenters. The average Bonchev–Trinajstić information content (AvgIpc) is 2.60. The van der Waals surface area contributed by atoms with Gasteiger partial charge in [0, 0.05) is 27.3 Å². The van der Waals surface area contributed by atoms with Gasteiger partial charge in [-0.3, -0.25) is 9.59 Å². The van der Waals surface area contributed by atoms with Crippen molar-refractivity contribution in [3.05, 3.63) is 94.0 Å². The van der Waals surface area contributed by atoms with Gasteiger partial charge < -0.3 is 0 Å². The van der Waals surface area contributed by atoms with Gasteiger partial charge in [-0.15, -0.1) is 0 Å². The van der Waals surface area contributed by atoms with E-state index in [0.717, 1.165) is 11.1 Å². The summed E-state index contributed by atoms with van der Waals surface area (Å²) >= 11 is 5.91. The van der Waals surface area contributed by atoms with E-state index in [1.54, 1.807) is 48.5 Å². The SMILES string of the molecule is O=C1c2ccccc2C(=O)c2cc(-c3ccc(Cl)cc3)ccc21. The number of halogens is 1. The number of hydrogen-bond acceptors (Lipinski definition) is 2. The lowest BCUT2D eigenvalue weighted by atomic mass is 9.83. The van der Waals surface area contributed by atoms with Crippen LogP contribution < -0.4 is 0 Å². The van der Waals surface area contributed by atoms with Gasteiger partial charge in [-0.05, 0) is 35.4 Å². The normalized spacial score (nSPS) is 12.7. The number of carbonyl (C=O) groups excluding carboxylic acids is 2. The van der Waals surface area contributed by atoms with Crippen molar-refractivity contribution >= 4 is 23.2 Å². The fraction of sp³-hybridized carbons (Fsp3) is 0. The van der Waals surface area contributed by atoms with Crippen LogP contribution in [0.25, 0.3) is 11.1 Å². The van der Waals surface area contributed by atoms with Crippen molar-refractivity contribution in [1.29, 1.82) is 0 Å². The molecule has 110 valence electrons. The standard InChI is InChI=1S/C20H11ClO2/c21-14-8-5-12(6-9-14)13-7-10-17-18(11-13)20(23)16-4-2-1-3-15(16)19(17)22/h1-11H. The molecule has 4 rings (SSSR count). The van der Waals surface area contributed by atoms with Gasteiger partial charge >= 0.3 is 0 Å². The van der Waals surface area contributed by atoms with Gasteiger partial charge in [0.1, 0.15) is 0 Å². The number of rotatable bonds is 1. The topological polar surface area (TPSA) is 34.1 Å². The van der Waals surface area contributed by atoms with Crippen molar-refractivity contribution in [2.45, 2.75) is 0 Å². The van der Waals surface area contributed by atoms with Crippen LogP contribution in [0.2, 0.25) is 5.02 Å². The smallest absolute Gasteiger partial charge is 0.194 e. The molecule has 3 heteroatoms. The van der Waals surface area contributed by atoms with E-state index in [4.69, 9.17) is 11.6 Å². The number of hydrogen-bond donors (Lipinski definition) is 0. The van der Waals surface area contributed by atoms with Crippen LogP contribution >= 0.6 is 11.6 Å². The van der Waals surface area contributed by atoms with Crippen molar-refractivity contribution < 1.29 is 9.59 Å². The highest BCUT2D eigenvalue weighted by Gasteiger charge is 2.29. The minimum atomic E-state index is -0.106. The zero-order chi connectivity index (χ0) is 16.0. The van der Waals surface area contributed by atoms with Crippen molar-refractivity contribution in [1.82, 2.24) is 0 Å². The molecular weight excluding hydrogens is 308 g/mol. The van der Waals surface area contributed by atoms with Gasteiger partial charge in [-0.25, -0.2) is 0 Å². The maximum atomic E-state index is 12.7. The second-order valence-electron chi connectivity index (χ2n) is 5.47. The molecule has 0 spiro atoms. The molecule has 3 aromatic rings. The van der Waals surface area contributed by atoms with Gasteiger partial charge in [0.25, 0.3) is 0 Å². The first-order valence-electron chi connectivity index (χ1n) is 7.23. The van der Waals surface area contributed by atoms with E-state index in [0.29, 0.717) is 27.3 Å². The summed E-state index contributed by atoms with van der Waals surface area (Å²) in [4.78, 5) is 25.3. The van der Waals surface area contributed by atoms with E-state index in [1.165, 1.54) is 0 Å². The molecule has 0 fully saturated rings. The first-order valence-corrected chi connectivity index (χ1v) is 7.61. The van der Waals surface area contributed by atoms with E-state index >= 15 is 0 Å². The van der Waals surface area contributed by atoms with E-state index in [2.05, 4.69) is 0 Å². The van der Waals surface area contributed by atoms with E-state index in [9.17, 15) is 9.59 Å². The van der Waals surface area contributed by atoms with Crippen LogP contribution in [0.5, 0.6) is 0 Å². The zero-order valence-electron chi connectivity index (χ0n) is 12.0. The van der Waals surface area contributed by atoms with E-state index < -0.39 is 0 Å². The third-order valence-corrected chi connectivity index (χ3v) is 4.35. The summed E-state index contributed by atoms with van der Waals surface area (Å²) < 4.78 is 0. The number of fused-ring (bicyclic) bond motifs is 2. The van der Waals surface area contributed by atoms with Gasteiger partial charge in [0.15, 0.2) is 11.6 Å². The number of ketones is 2. The summed E-state index contributed by atoms with van der Waals surface area (Å²) in [5.41, 5.74) is 3.72. The summed E-state index contributed by atoms with van der Waals surface area (Å²) in [6.07, 6.45) is 0. The van der Waals surface area contributed by atoms with Gasteiger partial charge in [0.2, 0.25) is 0 Å². The third-order valence-electron chi connectivity index (χ3n) is 4.10. The Balaban J connectivity index is 1.88. The maximum Gasteiger partial charge on any atom is 0.194 e. The van der Waals surface area contributed by atoms with E-state index in [1.807, 2.05) is 18.2 Å². The highest BCUT2D eigenvalue weighted by atomic mass is 35.5. The molecule has 0 N–H and O–H groups in total. The summed E-state index contributed by atoms with van der Waals surface area (Å²) in [7, 11) is 0. The molecule has 1 aliphatic rings. The highest BCUT2D eigenvalue weighted by Crippen LogP contribution is 2.31. The van der Waals surface area contributed by atoms with E-state index in [-0.39, 0.29) is 11.6 Å². The Morgan fingerprint density at radius 2 is 1.09 bits per heavy atom. The maximum absolute atomic E-state index is 12.7. The van der Waals surface area contributed by atoms with Gasteiger partial charge in [-0.1, -0.05) is 54.1 Å². The molecule has 0 amide bonds. The van der Waals surface area contributed by atoms with Gasteiger partial charge in [0.05, 0.1) is 0 Å². The third kappa shape index (κ3) is 2.19. The monoisotopic (exact) mass is 318 g/mol. The van der Waals surface area contributed by atoms with Crippen LogP contribution in [0.1, 0.15) is 31.8 Å². The Morgan fingerprint density at radius 3 is 1.74 bits per heavy atom. The molecule has 0 radical (unpaired) electrons. The molecule has 0 saturated heterocycles. The predicted octanol–water partition coefficient (Wildman–Crippen LogP) is 4.78. The van der Waals surface area contributed by atoms with Crippen LogP contribution in [0.3, 0.4) is 0 Å². The molecular formula is C20H11ClO2. The minimum Gasteiger partial charge on any atom is -0.289 e. The second-order valence-corrected chi connectivity index (χ2v) is 5.91. The van der Waals surface area contributed by atoms with Gasteiger partial charge in [-0.2, -0.15) is 0 Å². The van der Waals surface area contributed by atoms with Crippen molar-refractivity contribution in [3.63, 3.8) is 0 Å². The van der Waals surface area contributed by atoms with Crippen LogP contribution in [0.15, 0.2) is 66.7 Å². The zero-order valence-corrected chi connectivity index (χ0v) is 12.8. The summed E-state index contributed by atoms with van der Waals surface area (Å²) in [5.74, 6) is -0.205. The number of carbonyl (C=O) groups is 2. The van der Waals surface area contributed by atoms with Crippen molar-refractivity contribution in [2.75, 3.05) is 0 Å². The largest absolute Gasteiger partial charge is 0.289 e. The molecule has 1 aliphatic carbocycles. The number of benzene rings is 3. The molecule has 0 saturated carbocycles. The average molecular weight is 319 g/mol. The second kappa shape index (κ2) is 5.18. The van der Waals surface area contributed by atoms with Crippen molar-refractivity contribution in [2.24, 2.45) is 0 Å².